The third-order valence-corrected chi connectivity index (χ3v) is 7.35. The molecule has 0 unspecified atom stereocenters. The third-order valence-electron chi connectivity index (χ3n) is 1.64. The number of aliphatic carboxylic acids is 1. The summed E-state index contributed by atoms with van der Waals surface area (Å²) < 4.78 is 9.91. The van der Waals surface area contributed by atoms with E-state index in [4.69, 9.17) is 5.11 Å². The molecule has 0 aliphatic heterocycles. The lowest BCUT2D eigenvalue weighted by Gasteiger charge is -2.32. The second kappa shape index (κ2) is 8.04. The number of hydrogen-bond donors (Lipinski definition) is 4. The van der Waals surface area contributed by atoms with Crippen molar-refractivity contribution in [3.8, 4) is 0 Å². The van der Waals surface area contributed by atoms with Gasteiger partial charge in [0.2, 0.25) is 3.94 Å². The molecule has 0 fully saturated rings. The van der Waals surface area contributed by atoms with Crippen LogP contribution < -0.4 is 5.32 Å². The lowest BCUT2D eigenvalue weighted by Crippen LogP contribution is -2.42. The predicted molar refractivity (Wildman–Crippen MR) is 75.7 cm³/mol. The van der Waals surface area contributed by atoms with Gasteiger partial charge < -0.3 is 14.9 Å². The summed E-state index contributed by atoms with van der Waals surface area (Å²) in [5.74, 6) is -0.629. The number of hydrogen-bond acceptors (Lipinski definition) is 5. The molecule has 6 nitrogen and oxygen atoms in total. The zero-order chi connectivity index (χ0) is 14.2. The molecule has 0 aromatic rings. The minimum Gasteiger partial charge on any atom is -0.480 e. The van der Waals surface area contributed by atoms with Crippen molar-refractivity contribution in [1.82, 2.24) is 5.32 Å². The zero-order valence-electron chi connectivity index (χ0n) is 9.61. The summed E-state index contributed by atoms with van der Waals surface area (Å²) in [4.78, 5) is 29.4. The Morgan fingerprint density at radius 2 is 1.72 bits per heavy atom. The van der Waals surface area contributed by atoms with Crippen LogP contribution in [0.2, 0.25) is 0 Å². The molecule has 0 saturated carbocycles. The fourth-order valence-corrected chi connectivity index (χ4v) is 4.80. The van der Waals surface area contributed by atoms with Crippen molar-refractivity contribution < 1.29 is 24.3 Å². The summed E-state index contributed by atoms with van der Waals surface area (Å²) in [6, 6.07) is 0. The summed E-state index contributed by atoms with van der Waals surface area (Å²) in [5.41, 5.74) is 0. The van der Waals surface area contributed by atoms with Crippen LogP contribution in [0.3, 0.4) is 0 Å². The van der Waals surface area contributed by atoms with Crippen LogP contribution in [0.25, 0.3) is 0 Å². The smallest absolute Gasteiger partial charge is 0.366 e. The maximum atomic E-state index is 11.6. The normalized spacial score (nSPS) is 12.1. The monoisotopic (exact) mass is 313 g/mol. The fourth-order valence-electron chi connectivity index (χ4n) is 0.946. The van der Waals surface area contributed by atoms with E-state index in [1.54, 1.807) is 0 Å². The molecule has 0 rings (SSSR count). The minimum atomic E-state index is -4.57. The quantitative estimate of drug-likeness (QED) is 0.271. The van der Waals surface area contributed by atoms with Gasteiger partial charge in [-0.3, -0.25) is 14.7 Å². The number of carboxylic acids is 1. The van der Waals surface area contributed by atoms with E-state index in [-0.39, 0.29) is 11.5 Å². The van der Waals surface area contributed by atoms with Gasteiger partial charge in [0.25, 0.3) is 0 Å². The highest BCUT2D eigenvalue weighted by Gasteiger charge is 2.47. The minimum absolute atomic E-state index is 0.280. The van der Waals surface area contributed by atoms with E-state index in [0.29, 0.717) is 0 Å². The highest BCUT2D eigenvalue weighted by Crippen LogP contribution is 2.61. The highest BCUT2D eigenvalue weighted by molar-refractivity contribution is 8.25. The Hall–Kier alpha value is -0.240. The SMILES string of the molecule is C=CCSC(NCC(=O)O)(SCC=C)P(=O)(O)O. The lowest BCUT2D eigenvalue weighted by molar-refractivity contribution is -0.135. The fraction of sp³-hybridized carbons (Fsp3) is 0.444. The number of thioether (sulfide) groups is 2. The van der Waals surface area contributed by atoms with Crippen LogP contribution in [0.15, 0.2) is 25.3 Å². The van der Waals surface area contributed by atoms with Crippen LogP contribution in [0, 0.1) is 0 Å². The lowest BCUT2D eigenvalue weighted by atomic mass is 10.7. The Balaban J connectivity index is 5.10. The topological polar surface area (TPSA) is 107 Å². The molecule has 0 aliphatic rings. The molecule has 0 amide bonds. The number of rotatable bonds is 10. The molecule has 0 bridgehead atoms. The molecule has 9 heteroatoms. The van der Waals surface area contributed by atoms with Gasteiger partial charge in [0.05, 0.1) is 6.54 Å². The van der Waals surface area contributed by atoms with E-state index in [1.165, 1.54) is 12.2 Å². The Morgan fingerprint density at radius 1 is 1.28 bits per heavy atom. The molecule has 0 aromatic heterocycles. The van der Waals surface area contributed by atoms with E-state index in [0.717, 1.165) is 23.5 Å². The Morgan fingerprint density at radius 3 is 2.00 bits per heavy atom. The molecule has 18 heavy (non-hydrogen) atoms. The first-order valence-electron chi connectivity index (χ1n) is 4.81. The standard InChI is InChI=1S/C9H16NO5PS2/c1-3-5-17-9(16(13,14)15,18-6-4-2)10-7-8(11)12/h3-4,10H,1-2,5-7H2,(H,11,12)(H2,13,14,15). The Labute approximate surface area is 114 Å². The summed E-state index contributed by atoms with van der Waals surface area (Å²) in [6.07, 6.45) is 2.98. The van der Waals surface area contributed by atoms with Crippen molar-refractivity contribution in [2.45, 2.75) is 3.94 Å². The van der Waals surface area contributed by atoms with Crippen LogP contribution >= 0.6 is 31.1 Å². The number of nitrogens with one attached hydrogen (secondary N) is 1. The van der Waals surface area contributed by atoms with Crippen molar-refractivity contribution in [3.63, 3.8) is 0 Å². The van der Waals surface area contributed by atoms with Gasteiger partial charge in [-0.15, -0.1) is 36.7 Å². The maximum Gasteiger partial charge on any atom is 0.366 e. The van der Waals surface area contributed by atoms with Gasteiger partial charge >= 0.3 is 13.6 Å². The van der Waals surface area contributed by atoms with Crippen molar-refractivity contribution in [2.75, 3.05) is 18.1 Å². The van der Waals surface area contributed by atoms with Gasteiger partial charge in [0.1, 0.15) is 0 Å². The Kier molecular flexibility index (Phi) is 7.93. The molecule has 4 N–H and O–H groups in total. The Bertz CT molecular complexity index is 345. The molecule has 0 aromatic carbocycles. The van der Waals surface area contributed by atoms with E-state index in [2.05, 4.69) is 18.5 Å². The highest BCUT2D eigenvalue weighted by atomic mass is 32.2. The second-order valence-corrected chi connectivity index (χ2v) is 8.16. The number of carbonyl (C=O) groups is 1. The summed E-state index contributed by atoms with van der Waals surface area (Å²) in [7, 11) is -4.57. The third kappa shape index (κ3) is 5.60. The van der Waals surface area contributed by atoms with Gasteiger partial charge in [-0.25, -0.2) is 0 Å². The van der Waals surface area contributed by atoms with Gasteiger partial charge in [0.15, 0.2) is 0 Å². The predicted octanol–water partition coefficient (Wildman–Crippen LogP) is 1.29. The van der Waals surface area contributed by atoms with Crippen LogP contribution in [0.1, 0.15) is 0 Å². The van der Waals surface area contributed by atoms with Crippen LogP contribution in [0.4, 0.5) is 0 Å². The van der Waals surface area contributed by atoms with E-state index in [9.17, 15) is 19.1 Å². The molecule has 0 spiro atoms. The molecule has 0 atom stereocenters. The molecular weight excluding hydrogens is 297 g/mol. The van der Waals surface area contributed by atoms with Gasteiger partial charge in [-0.1, -0.05) is 12.2 Å². The van der Waals surface area contributed by atoms with Crippen LogP contribution in [-0.4, -0.2) is 42.9 Å². The molecule has 0 heterocycles. The first kappa shape index (κ1) is 17.8. The molecule has 0 aliphatic carbocycles. The van der Waals surface area contributed by atoms with Gasteiger partial charge in [-0.2, -0.15) is 0 Å². The van der Waals surface area contributed by atoms with Crippen molar-refractivity contribution in [2.24, 2.45) is 0 Å². The molecule has 0 saturated heterocycles. The van der Waals surface area contributed by atoms with Crippen LogP contribution in [-0.2, 0) is 9.36 Å². The molecule has 104 valence electrons. The summed E-state index contributed by atoms with van der Waals surface area (Å²) >= 11 is 1.83. The second-order valence-electron chi connectivity index (χ2n) is 3.07. The average Bonchev–Trinajstić information content (AvgIpc) is 2.26. The average molecular weight is 313 g/mol. The molecular formula is C9H16NO5PS2. The maximum absolute atomic E-state index is 11.6. The summed E-state index contributed by atoms with van der Waals surface area (Å²) in [5, 5.41) is 11.0. The largest absolute Gasteiger partial charge is 0.480 e. The first-order valence-corrected chi connectivity index (χ1v) is 8.39. The van der Waals surface area contributed by atoms with Crippen molar-refractivity contribution >= 4 is 37.1 Å². The van der Waals surface area contributed by atoms with E-state index in [1.807, 2.05) is 0 Å². The molecule has 0 radical (unpaired) electrons. The first-order chi connectivity index (χ1) is 8.29. The van der Waals surface area contributed by atoms with Gasteiger partial charge in [-0.05, 0) is 0 Å². The summed E-state index contributed by atoms with van der Waals surface area (Å²) in [6.45, 7) is 6.41. The van der Waals surface area contributed by atoms with E-state index < -0.39 is 24.1 Å². The van der Waals surface area contributed by atoms with Gasteiger partial charge in [0, 0.05) is 11.5 Å². The number of carboxylic acid groups (broad SMARTS) is 1. The zero-order valence-corrected chi connectivity index (χ0v) is 12.1. The van der Waals surface area contributed by atoms with Crippen LogP contribution in [0.5, 0.6) is 0 Å². The van der Waals surface area contributed by atoms with E-state index >= 15 is 0 Å². The van der Waals surface area contributed by atoms with Crippen molar-refractivity contribution in [1.29, 1.82) is 0 Å². The van der Waals surface area contributed by atoms with Crippen molar-refractivity contribution in [3.05, 3.63) is 25.3 Å².